The Bertz CT molecular complexity index is 673. The Kier molecular flexibility index (Phi) is 3.51. The molecule has 2 aromatic rings. The molecule has 21 heavy (non-hydrogen) atoms. The van der Waals surface area contributed by atoms with Gasteiger partial charge in [0.1, 0.15) is 17.6 Å². The number of fused-ring (bicyclic) bond motifs is 1. The Morgan fingerprint density at radius 2 is 2.00 bits per heavy atom. The molecule has 5 heteroatoms. The first-order chi connectivity index (χ1) is 10.1. The van der Waals surface area contributed by atoms with Gasteiger partial charge in [-0.2, -0.15) is 0 Å². The van der Waals surface area contributed by atoms with Gasteiger partial charge in [0, 0.05) is 17.5 Å². The largest absolute Gasteiger partial charge is 0.497 e. The molecule has 0 aromatic heterocycles. The summed E-state index contributed by atoms with van der Waals surface area (Å²) in [5.74, 6) is -0.812. The normalized spacial score (nSPS) is 20.6. The predicted molar refractivity (Wildman–Crippen MR) is 72.3 cm³/mol. The van der Waals surface area contributed by atoms with Crippen LogP contribution < -0.4 is 9.47 Å². The molecule has 0 aliphatic carbocycles. The van der Waals surface area contributed by atoms with Gasteiger partial charge in [-0.1, -0.05) is 12.1 Å². The number of hydrogen-bond donors (Lipinski definition) is 1. The summed E-state index contributed by atoms with van der Waals surface area (Å²) in [4.78, 5) is 0. The van der Waals surface area contributed by atoms with Gasteiger partial charge in [0.2, 0.25) is 0 Å². The zero-order valence-electron chi connectivity index (χ0n) is 11.3. The third kappa shape index (κ3) is 2.45. The van der Waals surface area contributed by atoms with Crippen molar-refractivity contribution in [2.75, 3.05) is 7.11 Å². The zero-order chi connectivity index (χ0) is 15.0. The van der Waals surface area contributed by atoms with Crippen molar-refractivity contribution in [1.82, 2.24) is 0 Å². The van der Waals surface area contributed by atoms with Gasteiger partial charge in [0.25, 0.3) is 0 Å². The van der Waals surface area contributed by atoms with Gasteiger partial charge in [0.05, 0.1) is 13.2 Å². The Labute approximate surface area is 120 Å². The van der Waals surface area contributed by atoms with E-state index in [0.29, 0.717) is 17.1 Å². The van der Waals surface area contributed by atoms with Crippen molar-refractivity contribution in [2.45, 2.75) is 18.6 Å². The average Bonchev–Trinajstić information content (AvgIpc) is 2.49. The first kappa shape index (κ1) is 13.8. The van der Waals surface area contributed by atoms with Crippen molar-refractivity contribution in [3.8, 4) is 11.5 Å². The highest BCUT2D eigenvalue weighted by Crippen LogP contribution is 2.42. The van der Waals surface area contributed by atoms with Crippen molar-refractivity contribution in [3.63, 3.8) is 0 Å². The standard InChI is InChI=1S/C16H14F2O3/c1-20-9-5-6-14-11(7-9)13(19)8-15(21-14)10-3-2-4-12(17)16(10)18/h2-7,13,15,19H,8H2,1H3/t13-,15?/m1/s1. The van der Waals surface area contributed by atoms with E-state index < -0.39 is 23.8 Å². The first-order valence-electron chi connectivity index (χ1n) is 6.56. The number of hydrogen-bond acceptors (Lipinski definition) is 3. The smallest absolute Gasteiger partial charge is 0.165 e. The third-order valence-corrected chi connectivity index (χ3v) is 3.61. The maximum absolute atomic E-state index is 13.9. The van der Waals surface area contributed by atoms with Crippen LogP contribution >= 0.6 is 0 Å². The number of rotatable bonds is 2. The summed E-state index contributed by atoms with van der Waals surface area (Å²) >= 11 is 0. The van der Waals surface area contributed by atoms with Crippen LogP contribution in [0.5, 0.6) is 11.5 Å². The van der Waals surface area contributed by atoms with Crippen LogP contribution in [0.1, 0.15) is 29.8 Å². The van der Waals surface area contributed by atoms with Crippen molar-refractivity contribution in [3.05, 3.63) is 59.2 Å². The topological polar surface area (TPSA) is 38.7 Å². The van der Waals surface area contributed by atoms with Gasteiger partial charge in [-0.3, -0.25) is 0 Å². The van der Waals surface area contributed by atoms with E-state index in [1.54, 1.807) is 18.2 Å². The first-order valence-corrected chi connectivity index (χ1v) is 6.56. The maximum atomic E-state index is 13.9. The van der Waals surface area contributed by atoms with Gasteiger partial charge in [-0.25, -0.2) is 8.78 Å². The molecule has 3 nitrogen and oxygen atoms in total. The molecule has 1 N–H and O–H groups in total. The van der Waals surface area contributed by atoms with Gasteiger partial charge in [0.15, 0.2) is 11.6 Å². The lowest BCUT2D eigenvalue weighted by atomic mass is 9.94. The number of ether oxygens (including phenoxy) is 2. The highest BCUT2D eigenvalue weighted by molar-refractivity contribution is 5.43. The van der Waals surface area contributed by atoms with Crippen molar-refractivity contribution in [2.24, 2.45) is 0 Å². The van der Waals surface area contributed by atoms with E-state index in [-0.39, 0.29) is 12.0 Å². The molecule has 1 unspecified atom stereocenters. The summed E-state index contributed by atoms with van der Waals surface area (Å²) in [6.45, 7) is 0. The molecule has 2 atom stereocenters. The fraction of sp³-hybridized carbons (Fsp3) is 0.250. The van der Waals surface area contributed by atoms with Crippen LogP contribution in [0.3, 0.4) is 0 Å². The molecule has 1 heterocycles. The monoisotopic (exact) mass is 292 g/mol. The van der Waals surface area contributed by atoms with Gasteiger partial charge >= 0.3 is 0 Å². The lowest BCUT2D eigenvalue weighted by molar-refractivity contribution is 0.0634. The second-order valence-electron chi connectivity index (χ2n) is 4.90. The van der Waals surface area contributed by atoms with E-state index in [1.807, 2.05) is 0 Å². The Hall–Kier alpha value is -2.14. The molecule has 110 valence electrons. The molecule has 0 bridgehead atoms. The molecular formula is C16H14F2O3. The second kappa shape index (κ2) is 5.33. The summed E-state index contributed by atoms with van der Waals surface area (Å²) in [6.07, 6.45) is -1.39. The van der Waals surface area contributed by atoms with Gasteiger partial charge in [-0.05, 0) is 24.3 Å². The van der Waals surface area contributed by atoms with Crippen LogP contribution in [0.25, 0.3) is 0 Å². The maximum Gasteiger partial charge on any atom is 0.165 e. The van der Waals surface area contributed by atoms with E-state index >= 15 is 0 Å². The van der Waals surface area contributed by atoms with E-state index in [2.05, 4.69) is 0 Å². The van der Waals surface area contributed by atoms with Crippen LogP contribution in [0.2, 0.25) is 0 Å². The van der Waals surface area contributed by atoms with Crippen molar-refractivity contribution in [1.29, 1.82) is 0 Å². The molecular weight excluding hydrogens is 278 g/mol. The molecule has 1 aliphatic heterocycles. The predicted octanol–water partition coefficient (Wildman–Crippen LogP) is 3.53. The molecule has 0 amide bonds. The van der Waals surface area contributed by atoms with Crippen LogP contribution in [0.15, 0.2) is 36.4 Å². The highest BCUT2D eigenvalue weighted by Gasteiger charge is 2.30. The fourth-order valence-electron chi connectivity index (χ4n) is 2.51. The van der Waals surface area contributed by atoms with Crippen molar-refractivity contribution < 1.29 is 23.4 Å². The lowest BCUT2D eigenvalue weighted by Crippen LogP contribution is -2.20. The molecule has 0 radical (unpaired) electrons. The van der Waals surface area contributed by atoms with Crippen molar-refractivity contribution >= 4 is 0 Å². The summed E-state index contributed by atoms with van der Waals surface area (Å²) in [7, 11) is 1.53. The van der Waals surface area contributed by atoms with E-state index in [9.17, 15) is 13.9 Å². The number of benzene rings is 2. The van der Waals surface area contributed by atoms with Crippen LogP contribution in [0.4, 0.5) is 8.78 Å². The Morgan fingerprint density at radius 3 is 2.76 bits per heavy atom. The second-order valence-corrected chi connectivity index (χ2v) is 4.90. The van der Waals surface area contributed by atoms with Crippen LogP contribution in [-0.2, 0) is 0 Å². The minimum absolute atomic E-state index is 0.107. The summed E-state index contributed by atoms with van der Waals surface area (Å²) < 4.78 is 38.0. The van der Waals surface area contributed by atoms with E-state index in [0.717, 1.165) is 6.07 Å². The summed E-state index contributed by atoms with van der Waals surface area (Å²) in [6, 6.07) is 8.96. The molecule has 1 aliphatic rings. The van der Waals surface area contributed by atoms with Crippen LogP contribution in [0, 0.1) is 11.6 Å². The minimum Gasteiger partial charge on any atom is -0.497 e. The SMILES string of the molecule is COc1ccc2c(c1)[C@H](O)CC(c1cccc(F)c1F)O2. The van der Waals surface area contributed by atoms with E-state index in [4.69, 9.17) is 9.47 Å². The Morgan fingerprint density at radius 1 is 1.19 bits per heavy atom. The molecule has 0 saturated carbocycles. The van der Waals surface area contributed by atoms with Gasteiger partial charge < -0.3 is 14.6 Å². The summed E-state index contributed by atoms with van der Waals surface area (Å²) in [5, 5.41) is 10.2. The molecule has 0 fully saturated rings. The molecule has 2 aromatic carbocycles. The number of halogens is 2. The molecule has 3 rings (SSSR count). The average molecular weight is 292 g/mol. The third-order valence-electron chi connectivity index (χ3n) is 3.61. The quantitative estimate of drug-likeness (QED) is 0.920. The van der Waals surface area contributed by atoms with Crippen LogP contribution in [-0.4, -0.2) is 12.2 Å². The lowest BCUT2D eigenvalue weighted by Gasteiger charge is -2.30. The molecule has 0 spiro atoms. The molecule has 0 saturated heterocycles. The van der Waals surface area contributed by atoms with Gasteiger partial charge in [-0.15, -0.1) is 0 Å². The summed E-state index contributed by atoms with van der Waals surface area (Å²) in [5.41, 5.74) is 0.693. The minimum atomic E-state index is -0.938. The fourth-order valence-corrected chi connectivity index (χ4v) is 2.51. The number of aliphatic hydroxyl groups excluding tert-OH is 1. The Balaban J connectivity index is 1.97. The zero-order valence-corrected chi connectivity index (χ0v) is 11.3. The highest BCUT2D eigenvalue weighted by atomic mass is 19.2. The number of methoxy groups -OCH3 is 1. The van der Waals surface area contributed by atoms with E-state index in [1.165, 1.54) is 19.2 Å². The number of aliphatic hydroxyl groups is 1.